The number of ketones is 1. The third kappa shape index (κ3) is 3.28. The molecule has 3 rings (SSSR count). The Bertz CT molecular complexity index is 822. The molecular formula is C19H19NO5. The van der Waals surface area contributed by atoms with Gasteiger partial charge in [-0.25, -0.2) is 4.98 Å². The molecule has 0 amide bonds. The Kier molecular flexibility index (Phi) is 4.88. The lowest BCUT2D eigenvalue weighted by Gasteiger charge is -2.13. The van der Waals surface area contributed by atoms with E-state index in [1.54, 1.807) is 12.1 Å². The van der Waals surface area contributed by atoms with Gasteiger partial charge < -0.3 is 18.6 Å². The molecule has 0 unspecified atom stereocenters. The minimum atomic E-state index is -0.283. The van der Waals surface area contributed by atoms with Crippen LogP contribution in [0.3, 0.4) is 0 Å². The summed E-state index contributed by atoms with van der Waals surface area (Å²) in [7, 11) is 4.51. The predicted octanol–water partition coefficient (Wildman–Crippen LogP) is 3.66. The van der Waals surface area contributed by atoms with Crippen LogP contribution in [-0.2, 0) is 0 Å². The quantitative estimate of drug-likeness (QED) is 0.747. The maximum absolute atomic E-state index is 12.8. The smallest absolute Gasteiger partial charge is 0.226 e. The van der Waals surface area contributed by atoms with Crippen LogP contribution in [0.15, 0.2) is 41.0 Å². The van der Waals surface area contributed by atoms with Crippen molar-refractivity contribution < 1.29 is 23.4 Å². The second-order valence-electron chi connectivity index (χ2n) is 5.42. The number of nitrogens with zero attached hydrogens (tertiary/aromatic N) is 1. The van der Waals surface area contributed by atoms with Crippen molar-refractivity contribution >= 4 is 11.4 Å². The molecule has 2 aromatic rings. The van der Waals surface area contributed by atoms with Crippen molar-refractivity contribution in [2.24, 2.45) is 0 Å². The van der Waals surface area contributed by atoms with E-state index >= 15 is 0 Å². The highest BCUT2D eigenvalue weighted by atomic mass is 16.5. The molecule has 0 aliphatic heterocycles. The van der Waals surface area contributed by atoms with Crippen LogP contribution >= 0.6 is 0 Å². The SMILES string of the molecule is COc1cc(C(=O)c2coc(C3=CCCC=C3)n2)cc(OC)c1OC. The lowest BCUT2D eigenvalue weighted by molar-refractivity contribution is 0.103. The molecule has 1 heterocycles. The van der Waals surface area contributed by atoms with Crippen molar-refractivity contribution in [2.45, 2.75) is 12.8 Å². The van der Waals surface area contributed by atoms with E-state index in [0.29, 0.717) is 28.7 Å². The first-order valence-corrected chi connectivity index (χ1v) is 7.85. The van der Waals surface area contributed by atoms with E-state index in [1.165, 1.54) is 27.6 Å². The molecule has 0 saturated heterocycles. The fraction of sp³-hybridized carbons (Fsp3) is 0.263. The molecule has 0 radical (unpaired) electrons. The van der Waals surface area contributed by atoms with Gasteiger partial charge in [-0.15, -0.1) is 0 Å². The molecule has 0 bridgehead atoms. The van der Waals surface area contributed by atoms with Crippen LogP contribution < -0.4 is 14.2 Å². The summed E-state index contributed by atoms with van der Waals surface area (Å²) in [6, 6.07) is 3.19. The van der Waals surface area contributed by atoms with Crippen molar-refractivity contribution in [2.75, 3.05) is 21.3 Å². The Labute approximate surface area is 145 Å². The average molecular weight is 341 g/mol. The summed E-state index contributed by atoms with van der Waals surface area (Å²) in [5.74, 6) is 1.40. The van der Waals surface area contributed by atoms with Gasteiger partial charge in [-0.2, -0.15) is 0 Å². The van der Waals surface area contributed by atoms with Crippen molar-refractivity contribution in [1.29, 1.82) is 0 Å². The van der Waals surface area contributed by atoms with Gasteiger partial charge in [-0.3, -0.25) is 4.79 Å². The highest BCUT2D eigenvalue weighted by molar-refractivity contribution is 6.08. The molecule has 1 aliphatic carbocycles. The van der Waals surface area contributed by atoms with Gasteiger partial charge in [0.2, 0.25) is 17.4 Å². The van der Waals surface area contributed by atoms with E-state index in [-0.39, 0.29) is 11.5 Å². The van der Waals surface area contributed by atoms with Crippen LogP contribution in [0.5, 0.6) is 17.2 Å². The monoisotopic (exact) mass is 341 g/mol. The zero-order valence-corrected chi connectivity index (χ0v) is 14.4. The second-order valence-corrected chi connectivity index (χ2v) is 5.42. The van der Waals surface area contributed by atoms with Gasteiger partial charge in [0.1, 0.15) is 6.26 Å². The van der Waals surface area contributed by atoms with Crippen molar-refractivity contribution in [3.63, 3.8) is 0 Å². The highest BCUT2D eigenvalue weighted by Gasteiger charge is 2.21. The molecule has 1 aromatic carbocycles. The third-order valence-electron chi connectivity index (χ3n) is 3.91. The van der Waals surface area contributed by atoms with E-state index in [2.05, 4.69) is 11.1 Å². The number of rotatable bonds is 6. The van der Waals surface area contributed by atoms with Crippen molar-refractivity contribution in [1.82, 2.24) is 4.98 Å². The van der Waals surface area contributed by atoms with Gasteiger partial charge in [0.15, 0.2) is 17.2 Å². The average Bonchev–Trinajstić information content (AvgIpc) is 3.17. The maximum Gasteiger partial charge on any atom is 0.226 e. The lowest BCUT2D eigenvalue weighted by atomic mass is 10.1. The Morgan fingerprint density at radius 3 is 2.36 bits per heavy atom. The number of allylic oxidation sites excluding steroid dienone is 4. The number of carbonyl (C=O) groups is 1. The van der Waals surface area contributed by atoms with Crippen LogP contribution in [-0.4, -0.2) is 32.1 Å². The number of oxazole rings is 1. The summed E-state index contributed by atoms with van der Waals surface area (Å²) in [6.07, 6.45) is 9.35. The number of methoxy groups -OCH3 is 3. The van der Waals surface area contributed by atoms with Crippen molar-refractivity contribution in [3.05, 3.63) is 53.8 Å². The molecule has 130 valence electrons. The van der Waals surface area contributed by atoms with Crippen LogP contribution in [0, 0.1) is 0 Å². The molecule has 0 saturated carbocycles. The summed E-state index contributed by atoms with van der Waals surface area (Å²) in [4.78, 5) is 17.1. The van der Waals surface area contributed by atoms with Gasteiger partial charge in [0.25, 0.3) is 0 Å². The molecule has 25 heavy (non-hydrogen) atoms. The lowest BCUT2D eigenvalue weighted by Crippen LogP contribution is -2.04. The molecule has 6 heteroatoms. The highest BCUT2D eigenvalue weighted by Crippen LogP contribution is 2.38. The largest absolute Gasteiger partial charge is 0.493 e. The standard InChI is InChI=1S/C19H19NO5/c1-22-15-9-13(10-16(23-2)18(15)24-3)17(21)14-11-25-19(20-14)12-7-5-4-6-8-12/h5,7-11H,4,6H2,1-3H3. The maximum atomic E-state index is 12.8. The minimum absolute atomic E-state index is 0.226. The van der Waals surface area contributed by atoms with Crippen LogP contribution in [0.2, 0.25) is 0 Å². The number of ether oxygens (including phenoxy) is 3. The fourth-order valence-electron chi connectivity index (χ4n) is 2.64. The molecule has 1 aliphatic rings. The third-order valence-corrected chi connectivity index (χ3v) is 3.91. The number of hydrogen-bond acceptors (Lipinski definition) is 6. The zero-order valence-electron chi connectivity index (χ0n) is 14.4. The molecule has 6 nitrogen and oxygen atoms in total. The summed E-state index contributed by atoms with van der Waals surface area (Å²) >= 11 is 0. The first-order valence-electron chi connectivity index (χ1n) is 7.85. The van der Waals surface area contributed by atoms with E-state index < -0.39 is 0 Å². The van der Waals surface area contributed by atoms with Gasteiger partial charge in [-0.05, 0) is 25.0 Å². The van der Waals surface area contributed by atoms with Crippen LogP contribution in [0.4, 0.5) is 0 Å². The van der Waals surface area contributed by atoms with Crippen molar-refractivity contribution in [3.8, 4) is 17.2 Å². The van der Waals surface area contributed by atoms with Crippen LogP contribution in [0.25, 0.3) is 5.57 Å². The normalized spacial score (nSPS) is 13.3. The first-order chi connectivity index (χ1) is 12.2. The molecular weight excluding hydrogens is 322 g/mol. The Balaban J connectivity index is 1.94. The summed E-state index contributed by atoms with van der Waals surface area (Å²) in [5.41, 5.74) is 1.49. The first kappa shape index (κ1) is 16.8. The topological polar surface area (TPSA) is 70.8 Å². The van der Waals surface area contributed by atoms with Gasteiger partial charge in [-0.1, -0.05) is 18.2 Å². The zero-order chi connectivity index (χ0) is 17.8. The number of benzene rings is 1. The number of aromatic nitrogens is 1. The van der Waals surface area contributed by atoms with Gasteiger partial charge in [0.05, 0.1) is 21.3 Å². The summed E-state index contributed by atoms with van der Waals surface area (Å²) in [5, 5.41) is 0. The van der Waals surface area contributed by atoms with E-state index in [9.17, 15) is 4.79 Å². The van der Waals surface area contributed by atoms with Gasteiger partial charge >= 0.3 is 0 Å². The van der Waals surface area contributed by atoms with E-state index in [0.717, 1.165) is 18.4 Å². The Morgan fingerprint density at radius 1 is 1.08 bits per heavy atom. The number of hydrogen-bond donors (Lipinski definition) is 0. The summed E-state index contributed by atoms with van der Waals surface area (Å²) in [6.45, 7) is 0. The fourth-order valence-corrected chi connectivity index (χ4v) is 2.64. The predicted molar refractivity (Wildman–Crippen MR) is 92.4 cm³/mol. The van der Waals surface area contributed by atoms with Crippen LogP contribution in [0.1, 0.15) is 34.8 Å². The number of carbonyl (C=O) groups excluding carboxylic acids is 1. The Morgan fingerprint density at radius 2 is 1.80 bits per heavy atom. The summed E-state index contributed by atoms with van der Waals surface area (Å²) < 4.78 is 21.3. The molecule has 0 N–H and O–H groups in total. The molecule has 0 spiro atoms. The van der Waals surface area contributed by atoms with E-state index in [1.807, 2.05) is 12.2 Å². The minimum Gasteiger partial charge on any atom is -0.493 e. The van der Waals surface area contributed by atoms with E-state index in [4.69, 9.17) is 18.6 Å². The van der Waals surface area contributed by atoms with Gasteiger partial charge in [0, 0.05) is 11.1 Å². The molecule has 0 atom stereocenters. The molecule has 1 aromatic heterocycles. The second kappa shape index (κ2) is 7.25. The Hall–Kier alpha value is -3.02. The molecule has 0 fully saturated rings.